The molecule has 2 N–H and O–H groups in total. The maximum Gasteiger partial charge on any atom is 0.274 e. The maximum atomic E-state index is 14.3. The summed E-state index contributed by atoms with van der Waals surface area (Å²) in [6, 6.07) is 8.76. The van der Waals surface area contributed by atoms with Gasteiger partial charge in [-0.3, -0.25) is 14.4 Å². The predicted octanol–water partition coefficient (Wildman–Crippen LogP) is 3.46. The molecule has 2 aromatic carbocycles. The molecular weight excluding hydrogens is 581 g/mol. The fourth-order valence-corrected chi connectivity index (χ4v) is 6.15. The highest BCUT2D eigenvalue weighted by atomic mass is 19.1. The van der Waals surface area contributed by atoms with Gasteiger partial charge in [0, 0.05) is 43.0 Å². The van der Waals surface area contributed by atoms with Crippen molar-refractivity contribution in [3.05, 3.63) is 98.7 Å². The van der Waals surface area contributed by atoms with E-state index in [0.717, 1.165) is 0 Å². The van der Waals surface area contributed by atoms with Gasteiger partial charge in [0.15, 0.2) is 17.0 Å². The number of hydrogen-bond acceptors (Lipinski definition) is 7. The van der Waals surface area contributed by atoms with Gasteiger partial charge in [-0.2, -0.15) is 0 Å². The van der Waals surface area contributed by atoms with Gasteiger partial charge in [-0.1, -0.05) is 35.5 Å². The summed E-state index contributed by atoms with van der Waals surface area (Å²) in [5.41, 5.74) is -2.40. The molecule has 3 aliphatic heterocycles. The van der Waals surface area contributed by atoms with Gasteiger partial charge in [-0.15, -0.1) is 0 Å². The van der Waals surface area contributed by atoms with Crippen LogP contribution in [0.25, 0.3) is 0 Å². The van der Waals surface area contributed by atoms with Crippen molar-refractivity contribution in [2.45, 2.75) is 63.6 Å². The number of rotatable bonds is 6. The highest BCUT2D eigenvalue weighted by Gasteiger charge is 2.58. The molecule has 1 aromatic heterocycles. The van der Waals surface area contributed by atoms with Crippen LogP contribution in [0, 0.1) is 17.5 Å². The Hall–Kier alpha value is -4.65. The summed E-state index contributed by atoms with van der Waals surface area (Å²) in [5, 5.41) is 17.6. The summed E-state index contributed by atoms with van der Waals surface area (Å²) in [4.78, 5) is 48.8. The second kappa shape index (κ2) is 11.1. The number of fused-ring (bicyclic) bond motifs is 5. The number of nitrogens with one attached hydrogen (secondary N) is 1. The number of carbonyl (C=O) groups is 2. The fourth-order valence-electron chi connectivity index (χ4n) is 6.15. The zero-order chi connectivity index (χ0) is 31.3. The first kappa shape index (κ1) is 29.4. The molecule has 2 bridgehead atoms. The van der Waals surface area contributed by atoms with E-state index in [2.05, 4.69) is 10.5 Å². The number of oxime groups is 1. The lowest BCUT2D eigenvalue weighted by Gasteiger charge is -2.43. The van der Waals surface area contributed by atoms with Crippen molar-refractivity contribution in [3.63, 3.8) is 0 Å². The summed E-state index contributed by atoms with van der Waals surface area (Å²) in [6.07, 6.45) is 0.807. The standard InChI is InChI=1S/C31H29F3N4O6/c1-16-8-9-31(28(40)17(2)36-44-31)24-14-37(16)30(42)25-27(43-15-18-6-4-3-5-7-18)26(39)21(13-38(24)25)29(41)35-12-20-22(33)10-19(32)11-23(20)34/h3-7,10-11,13,16,24,28,40H,8-9,12,14-15H2,1-2H3,(H,35,41)/t16-,24+,28-,31+/m0/s1. The molecule has 1 fully saturated rings. The van der Waals surface area contributed by atoms with Crippen LogP contribution in [0.4, 0.5) is 13.2 Å². The van der Waals surface area contributed by atoms with Crippen molar-refractivity contribution in [2.24, 2.45) is 5.16 Å². The number of ether oxygens (including phenoxy) is 1. The fraction of sp³-hybridized carbons (Fsp3) is 0.355. The lowest BCUT2D eigenvalue weighted by atomic mass is 9.82. The number of pyridine rings is 1. The number of aromatic nitrogens is 1. The Morgan fingerprint density at radius 3 is 2.55 bits per heavy atom. The second-order valence-electron chi connectivity index (χ2n) is 11.3. The predicted molar refractivity (Wildman–Crippen MR) is 151 cm³/mol. The third-order valence-electron chi connectivity index (χ3n) is 8.63. The van der Waals surface area contributed by atoms with E-state index < -0.39 is 75.9 Å². The molecule has 2 amide bonds. The molecule has 6 rings (SSSR count). The van der Waals surface area contributed by atoms with Gasteiger partial charge in [0.25, 0.3) is 11.8 Å². The summed E-state index contributed by atoms with van der Waals surface area (Å²) in [7, 11) is 0. The molecule has 1 saturated heterocycles. The van der Waals surface area contributed by atoms with Crippen molar-refractivity contribution >= 4 is 17.5 Å². The zero-order valence-corrected chi connectivity index (χ0v) is 23.9. The normalized spacial score (nSPS) is 24.0. The number of carbonyl (C=O) groups excluding carboxylic acids is 2. The largest absolute Gasteiger partial charge is 0.483 e. The third kappa shape index (κ3) is 4.80. The molecule has 4 heterocycles. The van der Waals surface area contributed by atoms with E-state index in [1.165, 1.54) is 10.8 Å². The number of aliphatic hydroxyl groups excluding tert-OH is 1. The van der Waals surface area contributed by atoms with Crippen LogP contribution in [0.15, 0.2) is 58.6 Å². The lowest BCUT2D eigenvalue weighted by molar-refractivity contribution is -0.114. The van der Waals surface area contributed by atoms with Crippen molar-refractivity contribution in [2.75, 3.05) is 6.54 Å². The molecule has 0 saturated carbocycles. The van der Waals surface area contributed by atoms with Crippen LogP contribution in [0.2, 0.25) is 0 Å². The van der Waals surface area contributed by atoms with Gasteiger partial charge in [0.2, 0.25) is 5.43 Å². The number of hydrogen-bond donors (Lipinski definition) is 2. The molecule has 230 valence electrons. The molecule has 0 radical (unpaired) electrons. The minimum Gasteiger partial charge on any atom is -0.483 e. The van der Waals surface area contributed by atoms with E-state index in [0.29, 0.717) is 36.2 Å². The van der Waals surface area contributed by atoms with E-state index >= 15 is 0 Å². The minimum absolute atomic E-state index is 0.0842. The minimum atomic E-state index is -1.32. The number of aliphatic hydroxyl groups is 1. The Bertz CT molecular complexity index is 1720. The monoisotopic (exact) mass is 610 g/mol. The van der Waals surface area contributed by atoms with E-state index in [1.807, 2.05) is 6.92 Å². The lowest BCUT2D eigenvalue weighted by Crippen LogP contribution is -2.56. The first-order valence-electron chi connectivity index (χ1n) is 14.1. The highest BCUT2D eigenvalue weighted by Crippen LogP contribution is 2.46. The quantitative estimate of drug-likeness (QED) is 0.441. The second-order valence-corrected chi connectivity index (χ2v) is 11.3. The summed E-state index contributed by atoms with van der Waals surface area (Å²) >= 11 is 0. The Morgan fingerprint density at radius 2 is 1.89 bits per heavy atom. The number of halogens is 3. The number of amides is 2. The Kier molecular flexibility index (Phi) is 7.44. The molecule has 3 aliphatic rings. The molecule has 4 atom stereocenters. The maximum absolute atomic E-state index is 14.3. The van der Waals surface area contributed by atoms with Crippen LogP contribution >= 0.6 is 0 Å². The van der Waals surface area contributed by atoms with Gasteiger partial charge in [-0.05, 0) is 32.3 Å². The van der Waals surface area contributed by atoms with Crippen LogP contribution < -0.4 is 15.5 Å². The van der Waals surface area contributed by atoms with Crippen molar-refractivity contribution in [1.82, 2.24) is 14.8 Å². The Morgan fingerprint density at radius 1 is 1.18 bits per heavy atom. The molecule has 13 heteroatoms. The van der Waals surface area contributed by atoms with E-state index in [1.54, 1.807) is 42.2 Å². The average Bonchev–Trinajstić information content (AvgIpc) is 3.20. The molecule has 0 aliphatic carbocycles. The summed E-state index contributed by atoms with van der Waals surface area (Å²) in [5.74, 6) is -5.44. The molecule has 1 spiro atoms. The van der Waals surface area contributed by atoms with Crippen molar-refractivity contribution in [1.29, 1.82) is 0 Å². The zero-order valence-electron chi connectivity index (χ0n) is 23.9. The molecule has 0 unspecified atom stereocenters. The van der Waals surface area contributed by atoms with E-state index in [4.69, 9.17) is 9.57 Å². The number of nitrogens with zero attached hydrogens (tertiary/aromatic N) is 3. The van der Waals surface area contributed by atoms with Crippen LogP contribution in [0.1, 0.15) is 64.7 Å². The Labute approximate surface area is 249 Å². The molecule has 44 heavy (non-hydrogen) atoms. The van der Waals surface area contributed by atoms with E-state index in [-0.39, 0.29) is 24.9 Å². The van der Waals surface area contributed by atoms with Gasteiger partial charge < -0.3 is 29.5 Å². The third-order valence-corrected chi connectivity index (χ3v) is 8.63. The summed E-state index contributed by atoms with van der Waals surface area (Å²) in [6.45, 7) is 2.76. The van der Waals surface area contributed by atoms with Gasteiger partial charge in [-0.25, -0.2) is 13.2 Å². The molecule has 10 nitrogen and oxygen atoms in total. The van der Waals surface area contributed by atoms with Crippen molar-refractivity contribution < 1.29 is 37.4 Å². The topological polar surface area (TPSA) is 122 Å². The molecular formula is C31H29F3N4O6. The molecule has 3 aromatic rings. The first-order valence-corrected chi connectivity index (χ1v) is 14.1. The van der Waals surface area contributed by atoms with Gasteiger partial charge >= 0.3 is 0 Å². The van der Waals surface area contributed by atoms with E-state index in [9.17, 15) is 32.7 Å². The van der Waals surface area contributed by atoms with Gasteiger partial charge in [0.1, 0.15) is 35.7 Å². The first-order chi connectivity index (χ1) is 21.0. The van der Waals surface area contributed by atoms with Crippen LogP contribution in [-0.4, -0.2) is 56.4 Å². The SMILES string of the molecule is CC1=NO[C@@]2(CC[C@H](C)N3C[C@H]2n2cc(C(=O)NCc4c(F)cc(F)cc4F)c(=O)c(OCc4ccccc4)c2C3=O)[C@H]1O. The average molecular weight is 611 g/mol. The van der Waals surface area contributed by atoms with Crippen molar-refractivity contribution in [3.8, 4) is 5.75 Å². The van der Waals surface area contributed by atoms with Crippen LogP contribution in [0.5, 0.6) is 5.75 Å². The van der Waals surface area contributed by atoms with Crippen LogP contribution in [-0.2, 0) is 18.0 Å². The smallest absolute Gasteiger partial charge is 0.274 e. The Balaban J connectivity index is 1.47. The highest BCUT2D eigenvalue weighted by molar-refractivity contribution is 5.99. The number of benzene rings is 2. The summed E-state index contributed by atoms with van der Waals surface area (Å²) < 4.78 is 49.4. The van der Waals surface area contributed by atoms with Gasteiger partial charge in [0.05, 0.1) is 11.8 Å². The van der Waals surface area contributed by atoms with Crippen LogP contribution in [0.3, 0.4) is 0 Å².